The Morgan fingerprint density at radius 1 is 0.267 bits per heavy atom. The minimum Gasteiger partial charge on any atom is -0.462 e. The third-order valence-electron chi connectivity index (χ3n) is 16.6. The maximum Gasteiger partial charge on any atom is 0.472 e. The first-order valence-electron chi connectivity index (χ1n) is 37.3. The Kier molecular flexibility index (Phi) is 64.3. The van der Waals surface area contributed by atoms with E-state index >= 15 is 0 Å². The molecule has 0 aromatic heterocycles. The number of ether oxygens (including phenoxy) is 4. The average Bonchev–Trinajstić information content (AvgIpc) is 3.73. The highest BCUT2D eigenvalue weighted by Crippen LogP contribution is 2.45. The Labute approximate surface area is 549 Å². The molecule has 0 saturated carbocycles. The van der Waals surface area contributed by atoms with Crippen molar-refractivity contribution >= 4 is 39.5 Å². The largest absolute Gasteiger partial charge is 0.472 e. The zero-order valence-corrected chi connectivity index (χ0v) is 59.9. The monoisotopic (exact) mass is 1320 g/mol. The van der Waals surface area contributed by atoms with Gasteiger partial charge in [-0.3, -0.25) is 37.3 Å². The topological polar surface area (TPSA) is 237 Å². The van der Waals surface area contributed by atoms with E-state index in [1.165, 1.54) is 199 Å². The second-order valence-corrected chi connectivity index (χ2v) is 28.5. The van der Waals surface area contributed by atoms with Gasteiger partial charge in [0.15, 0.2) is 12.2 Å². The molecular formula is C71H138O17P2. The molecule has 0 fully saturated rings. The lowest BCUT2D eigenvalue weighted by molar-refractivity contribution is -0.161. The SMILES string of the molecule is CCCCCCCCCCCCCCCCCCCCC(=O)O[C@H](COC(=O)CCCCCCCCCCCCCCCCC)COP(=O)(O)OC[C@@H](O)COP(=O)(O)OC[C@@H](COC(=O)CCCCCCC)OC(=O)CCCCCCCCCCCCCC. The first-order valence-corrected chi connectivity index (χ1v) is 40.3. The second-order valence-electron chi connectivity index (χ2n) is 25.6. The van der Waals surface area contributed by atoms with E-state index in [9.17, 15) is 43.2 Å². The fourth-order valence-corrected chi connectivity index (χ4v) is 12.4. The van der Waals surface area contributed by atoms with Crippen molar-refractivity contribution in [1.82, 2.24) is 0 Å². The van der Waals surface area contributed by atoms with E-state index in [2.05, 4.69) is 27.7 Å². The molecule has 534 valence electrons. The summed E-state index contributed by atoms with van der Waals surface area (Å²) in [7, 11) is -9.89. The van der Waals surface area contributed by atoms with Gasteiger partial charge in [0, 0.05) is 25.7 Å². The van der Waals surface area contributed by atoms with Crippen molar-refractivity contribution in [3.63, 3.8) is 0 Å². The summed E-state index contributed by atoms with van der Waals surface area (Å²) in [6, 6.07) is 0. The van der Waals surface area contributed by atoms with Crippen molar-refractivity contribution in [2.75, 3.05) is 39.6 Å². The molecule has 0 radical (unpaired) electrons. The summed E-state index contributed by atoms with van der Waals surface area (Å²) in [5, 5.41) is 10.6. The summed E-state index contributed by atoms with van der Waals surface area (Å²) >= 11 is 0. The van der Waals surface area contributed by atoms with Crippen LogP contribution in [0.1, 0.15) is 374 Å². The maximum absolute atomic E-state index is 13.0. The van der Waals surface area contributed by atoms with Crippen LogP contribution in [0.5, 0.6) is 0 Å². The van der Waals surface area contributed by atoms with Crippen LogP contribution in [0.2, 0.25) is 0 Å². The fraction of sp³-hybridized carbons (Fsp3) is 0.944. The van der Waals surface area contributed by atoms with Gasteiger partial charge in [0.2, 0.25) is 0 Å². The van der Waals surface area contributed by atoms with Gasteiger partial charge >= 0.3 is 39.5 Å². The van der Waals surface area contributed by atoms with Gasteiger partial charge in [0.1, 0.15) is 19.3 Å². The lowest BCUT2D eigenvalue weighted by Crippen LogP contribution is -2.30. The second kappa shape index (κ2) is 65.7. The molecule has 0 heterocycles. The van der Waals surface area contributed by atoms with Crippen LogP contribution in [0, 0.1) is 0 Å². The van der Waals surface area contributed by atoms with Crippen molar-refractivity contribution in [2.45, 2.75) is 393 Å². The van der Waals surface area contributed by atoms with E-state index < -0.39 is 97.5 Å². The van der Waals surface area contributed by atoms with E-state index in [1.54, 1.807) is 0 Å². The molecule has 0 aliphatic heterocycles. The molecule has 0 spiro atoms. The number of hydrogen-bond acceptors (Lipinski definition) is 15. The van der Waals surface area contributed by atoms with Gasteiger partial charge in [0.25, 0.3) is 0 Å². The van der Waals surface area contributed by atoms with Gasteiger partial charge in [-0.1, -0.05) is 323 Å². The lowest BCUT2D eigenvalue weighted by Gasteiger charge is -2.21. The zero-order valence-electron chi connectivity index (χ0n) is 58.1. The zero-order chi connectivity index (χ0) is 66.1. The van der Waals surface area contributed by atoms with Crippen molar-refractivity contribution < 1.29 is 80.2 Å². The first kappa shape index (κ1) is 88.1. The summed E-state index contributed by atoms with van der Waals surface area (Å²) in [6.07, 6.45) is 54.4. The highest BCUT2D eigenvalue weighted by atomic mass is 31.2. The first-order chi connectivity index (χ1) is 43.7. The van der Waals surface area contributed by atoms with Crippen LogP contribution < -0.4 is 0 Å². The molecule has 0 aromatic carbocycles. The number of aliphatic hydroxyl groups is 1. The number of carbonyl (C=O) groups is 4. The number of phosphoric ester groups is 2. The average molecular weight is 1330 g/mol. The molecule has 0 rings (SSSR count). The van der Waals surface area contributed by atoms with Gasteiger partial charge in [-0.15, -0.1) is 0 Å². The quantitative estimate of drug-likeness (QED) is 0.0222. The third-order valence-corrected chi connectivity index (χ3v) is 18.5. The van der Waals surface area contributed by atoms with E-state index in [4.69, 9.17) is 37.0 Å². The molecule has 0 saturated heterocycles. The highest BCUT2D eigenvalue weighted by molar-refractivity contribution is 7.47. The predicted octanol–water partition coefficient (Wildman–Crippen LogP) is 20.7. The summed E-state index contributed by atoms with van der Waals surface area (Å²) in [5.41, 5.74) is 0. The highest BCUT2D eigenvalue weighted by Gasteiger charge is 2.30. The molecule has 90 heavy (non-hydrogen) atoms. The lowest BCUT2D eigenvalue weighted by atomic mass is 10.0. The van der Waals surface area contributed by atoms with Gasteiger partial charge in [0.05, 0.1) is 26.4 Å². The molecule has 5 atom stereocenters. The van der Waals surface area contributed by atoms with Crippen LogP contribution in [0.4, 0.5) is 0 Å². The van der Waals surface area contributed by atoms with Gasteiger partial charge in [-0.2, -0.15) is 0 Å². The molecule has 0 bridgehead atoms. The molecule has 19 heteroatoms. The number of hydrogen-bond donors (Lipinski definition) is 3. The van der Waals surface area contributed by atoms with Crippen LogP contribution in [0.15, 0.2) is 0 Å². The Morgan fingerprint density at radius 3 is 0.656 bits per heavy atom. The number of phosphoric acid groups is 2. The third kappa shape index (κ3) is 64.8. The number of esters is 4. The number of unbranched alkanes of at least 4 members (excludes halogenated alkanes) is 46. The molecule has 0 aromatic rings. The maximum atomic E-state index is 13.0. The number of rotatable bonds is 72. The van der Waals surface area contributed by atoms with Gasteiger partial charge < -0.3 is 33.8 Å². The molecule has 0 amide bonds. The van der Waals surface area contributed by atoms with Crippen molar-refractivity contribution in [2.24, 2.45) is 0 Å². The van der Waals surface area contributed by atoms with Crippen molar-refractivity contribution in [3.8, 4) is 0 Å². The molecule has 2 unspecified atom stereocenters. The van der Waals surface area contributed by atoms with Gasteiger partial charge in [-0.25, -0.2) is 9.13 Å². The number of carbonyl (C=O) groups excluding carboxylic acids is 4. The molecule has 17 nitrogen and oxygen atoms in total. The predicted molar refractivity (Wildman–Crippen MR) is 363 cm³/mol. The normalized spacial score (nSPS) is 14.0. The standard InChI is InChI=1S/C71H138O17P2/c1-5-9-13-17-20-23-26-29-31-32-33-35-37-40-43-46-50-54-58-71(76)88-67(62-82-69(74)56-52-48-44-41-39-36-34-30-27-24-21-18-14-10-6-2)64-86-90(79,80)84-60-65(72)59-83-89(77,78)85-63-66(61-81-68(73)55-51-47-16-12-8-4)87-70(75)57-53-49-45-42-38-28-25-22-19-15-11-7-3/h65-67,72H,5-64H2,1-4H3,(H,77,78)(H,79,80)/t65-,66+,67+/m0/s1. The summed E-state index contributed by atoms with van der Waals surface area (Å²) < 4.78 is 68.1. The minimum atomic E-state index is -4.95. The minimum absolute atomic E-state index is 0.107. The summed E-state index contributed by atoms with van der Waals surface area (Å²) in [6.45, 7) is 4.87. The van der Waals surface area contributed by atoms with E-state index in [0.717, 1.165) is 96.3 Å². The van der Waals surface area contributed by atoms with Crippen LogP contribution in [-0.4, -0.2) is 96.7 Å². The molecule has 0 aliphatic carbocycles. The van der Waals surface area contributed by atoms with Crippen LogP contribution in [0.3, 0.4) is 0 Å². The van der Waals surface area contributed by atoms with E-state index in [1.807, 2.05) is 0 Å². The Morgan fingerprint density at radius 2 is 0.444 bits per heavy atom. The summed E-state index contributed by atoms with van der Waals surface area (Å²) in [4.78, 5) is 72.3. The number of aliphatic hydroxyl groups excluding tert-OH is 1. The Hall–Kier alpha value is -1.94. The Bertz CT molecular complexity index is 1720. The van der Waals surface area contributed by atoms with E-state index in [-0.39, 0.29) is 25.7 Å². The van der Waals surface area contributed by atoms with Crippen LogP contribution in [-0.2, 0) is 65.4 Å². The molecule has 3 N–H and O–H groups in total. The van der Waals surface area contributed by atoms with Crippen LogP contribution in [0.25, 0.3) is 0 Å². The van der Waals surface area contributed by atoms with E-state index in [0.29, 0.717) is 25.7 Å². The molecule has 0 aliphatic rings. The van der Waals surface area contributed by atoms with Crippen molar-refractivity contribution in [1.29, 1.82) is 0 Å². The fourth-order valence-electron chi connectivity index (χ4n) is 10.9. The van der Waals surface area contributed by atoms with Gasteiger partial charge in [-0.05, 0) is 25.7 Å². The summed E-state index contributed by atoms with van der Waals surface area (Å²) in [5.74, 6) is -2.13. The smallest absolute Gasteiger partial charge is 0.462 e. The van der Waals surface area contributed by atoms with Crippen LogP contribution >= 0.6 is 15.6 Å². The molecular weight excluding hydrogens is 1190 g/mol. The van der Waals surface area contributed by atoms with Crippen molar-refractivity contribution in [3.05, 3.63) is 0 Å². The Balaban J connectivity index is 5.14.